The lowest BCUT2D eigenvalue weighted by Crippen LogP contribution is -2.05. The van der Waals surface area contributed by atoms with Gasteiger partial charge in [0.1, 0.15) is 11.6 Å². The predicted molar refractivity (Wildman–Crippen MR) is 115 cm³/mol. The molecule has 0 saturated carbocycles. The quantitative estimate of drug-likeness (QED) is 0.271. The van der Waals surface area contributed by atoms with Crippen molar-refractivity contribution in [1.29, 1.82) is 0 Å². The summed E-state index contributed by atoms with van der Waals surface area (Å²) < 4.78 is 72.7. The fourth-order valence-electron chi connectivity index (χ4n) is 3.43. The van der Waals surface area contributed by atoms with E-state index in [2.05, 4.69) is 30.7 Å². The lowest BCUT2D eigenvalue weighted by molar-refractivity contribution is -0.141. The van der Waals surface area contributed by atoms with Gasteiger partial charge in [-0.1, -0.05) is 15.9 Å². The van der Waals surface area contributed by atoms with Crippen molar-refractivity contribution in [1.82, 2.24) is 19.3 Å². The van der Waals surface area contributed by atoms with E-state index in [0.717, 1.165) is 6.20 Å². The van der Waals surface area contributed by atoms with Gasteiger partial charge >= 0.3 is 12.8 Å². The largest absolute Gasteiger partial charge is 0.435 e. The van der Waals surface area contributed by atoms with Crippen molar-refractivity contribution in [2.75, 3.05) is 0 Å². The van der Waals surface area contributed by atoms with E-state index in [1.165, 1.54) is 23.6 Å². The first-order valence-electron chi connectivity index (χ1n) is 9.58. The van der Waals surface area contributed by atoms with Gasteiger partial charge in [0.2, 0.25) is 0 Å². The Kier molecular flexibility index (Phi) is 6.00. The second-order valence-electron chi connectivity index (χ2n) is 7.16. The topological polar surface area (TPSA) is 44.9 Å². The highest BCUT2D eigenvalue weighted by atomic mass is 79.9. The molecular weight excluding hydrogens is 511 g/mol. The van der Waals surface area contributed by atoms with Crippen LogP contribution in [-0.2, 0) is 6.18 Å². The summed E-state index contributed by atoms with van der Waals surface area (Å²) in [6.07, 6.45) is -3.63. The predicted octanol–water partition coefficient (Wildman–Crippen LogP) is 6.72. The summed E-state index contributed by atoms with van der Waals surface area (Å²) >= 11 is 3.42. The molecule has 4 rings (SSSR count). The van der Waals surface area contributed by atoms with Crippen LogP contribution in [0.5, 0.6) is 5.75 Å². The van der Waals surface area contributed by atoms with Gasteiger partial charge in [0, 0.05) is 16.2 Å². The number of halogens is 6. The van der Waals surface area contributed by atoms with Crippen LogP contribution in [0.1, 0.15) is 17.2 Å². The van der Waals surface area contributed by atoms with Crippen LogP contribution in [0.25, 0.3) is 22.6 Å². The molecule has 0 aliphatic rings. The first kappa shape index (κ1) is 23.0. The molecule has 0 unspecified atom stereocenters. The van der Waals surface area contributed by atoms with Crippen molar-refractivity contribution in [2.24, 2.45) is 0 Å². The maximum Gasteiger partial charge on any atom is 0.434 e. The molecule has 0 spiro atoms. The minimum atomic E-state index is -4.58. The smallest absolute Gasteiger partial charge is 0.434 e. The number of alkyl halides is 5. The van der Waals surface area contributed by atoms with Crippen LogP contribution < -0.4 is 4.74 Å². The molecule has 2 aromatic heterocycles. The summed E-state index contributed by atoms with van der Waals surface area (Å²) in [5, 5.41) is 4.49. The van der Waals surface area contributed by atoms with Gasteiger partial charge in [-0.15, -0.1) is 0 Å². The van der Waals surface area contributed by atoms with Crippen LogP contribution in [0.4, 0.5) is 22.0 Å². The summed E-state index contributed by atoms with van der Waals surface area (Å²) in [5.41, 5.74) is 1.87. The summed E-state index contributed by atoms with van der Waals surface area (Å²) in [4.78, 5) is 3.66. The van der Waals surface area contributed by atoms with Crippen molar-refractivity contribution in [3.05, 3.63) is 76.4 Å². The zero-order valence-corrected chi connectivity index (χ0v) is 18.8. The molecule has 0 radical (unpaired) electrons. The number of aryl methyl sites for hydroxylation is 2. The zero-order chi connectivity index (χ0) is 23.9. The maximum absolute atomic E-state index is 13.2. The molecule has 172 valence electrons. The van der Waals surface area contributed by atoms with E-state index >= 15 is 0 Å². The third-order valence-corrected chi connectivity index (χ3v) is 5.30. The number of nitrogens with zero attached hydrogens (tertiary/aromatic N) is 4. The third kappa shape index (κ3) is 4.77. The average Bonchev–Trinajstić information content (AvgIpc) is 3.31. The van der Waals surface area contributed by atoms with E-state index < -0.39 is 18.5 Å². The summed E-state index contributed by atoms with van der Waals surface area (Å²) in [6.45, 7) is 0.323. The third-order valence-electron chi connectivity index (χ3n) is 4.80. The Hall–Kier alpha value is -3.21. The Morgan fingerprint density at radius 2 is 1.70 bits per heavy atom. The monoisotopic (exact) mass is 526 g/mol. The van der Waals surface area contributed by atoms with Crippen LogP contribution in [-0.4, -0.2) is 25.9 Å². The molecule has 2 heterocycles. The average molecular weight is 527 g/mol. The molecular formula is C22H16BrF5N4O. The van der Waals surface area contributed by atoms with Crippen LogP contribution in [0.2, 0.25) is 0 Å². The number of hydrogen-bond donors (Lipinski definition) is 0. The second kappa shape index (κ2) is 8.62. The molecule has 2 aromatic carbocycles. The fourth-order valence-corrected chi connectivity index (χ4v) is 3.79. The van der Waals surface area contributed by atoms with E-state index in [4.69, 9.17) is 0 Å². The number of benzene rings is 2. The van der Waals surface area contributed by atoms with E-state index in [9.17, 15) is 22.0 Å². The van der Waals surface area contributed by atoms with Crippen LogP contribution in [0, 0.1) is 13.8 Å². The molecule has 0 saturated heterocycles. The summed E-state index contributed by atoms with van der Waals surface area (Å²) in [7, 11) is 0. The van der Waals surface area contributed by atoms with Crippen LogP contribution in [0.3, 0.4) is 0 Å². The van der Waals surface area contributed by atoms with Crippen LogP contribution >= 0.6 is 15.9 Å². The van der Waals surface area contributed by atoms with E-state index in [1.54, 1.807) is 48.0 Å². The van der Waals surface area contributed by atoms with Crippen LogP contribution in [0.15, 0.2) is 59.2 Å². The molecule has 4 aromatic rings. The molecule has 0 N–H and O–H groups in total. The van der Waals surface area contributed by atoms with Crippen molar-refractivity contribution in [3.63, 3.8) is 0 Å². The fraction of sp³-hybridized carbons (Fsp3) is 0.182. The van der Waals surface area contributed by atoms with Gasteiger partial charge in [0.15, 0.2) is 5.69 Å². The first-order valence-corrected chi connectivity index (χ1v) is 10.4. The summed E-state index contributed by atoms with van der Waals surface area (Å²) in [6, 6.07) is 12.9. The van der Waals surface area contributed by atoms with Gasteiger partial charge in [-0.3, -0.25) is 0 Å². The van der Waals surface area contributed by atoms with E-state index in [1.807, 2.05) is 0 Å². The molecule has 11 heteroatoms. The van der Waals surface area contributed by atoms with Crippen molar-refractivity contribution in [2.45, 2.75) is 26.6 Å². The Balaban J connectivity index is 1.85. The summed E-state index contributed by atoms with van der Waals surface area (Å²) in [5.74, 6) is 0.165. The molecule has 0 aliphatic heterocycles. The lowest BCUT2D eigenvalue weighted by Gasteiger charge is -2.15. The normalized spacial score (nSPS) is 11.9. The molecule has 5 nitrogen and oxygen atoms in total. The first-order chi connectivity index (χ1) is 15.5. The van der Waals surface area contributed by atoms with Gasteiger partial charge < -0.3 is 9.30 Å². The van der Waals surface area contributed by atoms with Gasteiger partial charge in [-0.2, -0.15) is 27.1 Å². The molecule has 33 heavy (non-hydrogen) atoms. The van der Waals surface area contributed by atoms with E-state index in [0.29, 0.717) is 32.8 Å². The van der Waals surface area contributed by atoms with Gasteiger partial charge in [-0.05, 0) is 62.4 Å². The highest BCUT2D eigenvalue weighted by Crippen LogP contribution is 2.35. The Labute approximate surface area is 193 Å². The van der Waals surface area contributed by atoms with Gasteiger partial charge in [0.25, 0.3) is 0 Å². The zero-order valence-electron chi connectivity index (χ0n) is 17.2. The highest BCUT2D eigenvalue weighted by Gasteiger charge is 2.34. The highest BCUT2D eigenvalue weighted by molar-refractivity contribution is 9.10. The van der Waals surface area contributed by atoms with Crippen molar-refractivity contribution < 1.29 is 26.7 Å². The standard InChI is InChI=1S/C22H16BrF5N4O/c1-12-9-19(32(30-12)15-4-6-16(7-5-15)33-21(24)25)17-10-14(23)3-8-18(17)31-11-20(22(26,27)28)29-13(31)2/h3-11,21H,1-2H3. The SMILES string of the molecule is Cc1cc(-c2cc(Br)ccc2-n2cc(C(F)(F)F)nc2C)n(-c2ccc(OC(F)F)cc2)n1. The molecule has 0 bridgehead atoms. The minimum absolute atomic E-state index is 0.00366. The molecule has 0 amide bonds. The van der Waals surface area contributed by atoms with Gasteiger partial charge in [0.05, 0.1) is 22.8 Å². The number of aromatic nitrogens is 4. The maximum atomic E-state index is 13.2. The lowest BCUT2D eigenvalue weighted by atomic mass is 10.1. The van der Waals surface area contributed by atoms with Crippen molar-refractivity contribution in [3.8, 4) is 28.4 Å². The Morgan fingerprint density at radius 3 is 2.30 bits per heavy atom. The molecule has 0 fully saturated rings. The van der Waals surface area contributed by atoms with Crippen molar-refractivity contribution >= 4 is 15.9 Å². The number of hydrogen-bond acceptors (Lipinski definition) is 3. The van der Waals surface area contributed by atoms with Gasteiger partial charge in [-0.25, -0.2) is 9.67 Å². The number of ether oxygens (including phenoxy) is 1. The molecule has 0 aliphatic carbocycles. The minimum Gasteiger partial charge on any atom is -0.435 e. The Morgan fingerprint density at radius 1 is 1.00 bits per heavy atom. The second-order valence-corrected chi connectivity index (χ2v) is 8.07. The molecule has 0 atom stereocenters. The Bertz CT molecular complexity index is 1300. The van der Waals surface area contributed by atoms with E-state index in [-0.39, 0.29) is 11.6 Å². The number of imidazole rings is 1. The number of rotatable bonds is 5.